The largest absolute Gasteiger partial charge is 0.308 e. The Morgan fingerprint density at radius 1 is 0.636 bits per heavy atom. The fourth-order valence-electron chi connectivity index (χ4n) is 5.58. The summed E-state index contributed by atoms with van der Waals surface area (Å²) in [7, 11) is 0. The molecule has 1 aliphatic rings. The van der Waals surface area contributed by atoms with Crippen LogP contribution in [0, 0.1) is 0 Å². The van der Waals surface area contributed by atoms with Gasteiger partial charge in [-0.15, -0.1) is 22.7 Å². The zero-order valence-electron chi connectivity index (χ0n) is 17.8. The van der Waals surface area contributed by atoms with Gasteiger partial charge >= 0.3 is 0 Å². The number of aryl methyl sites for hydroxylation is 1. The molecule has 3 aromatic heterocycles. The lowest BCUT2D eigenvalue weighted by Crippen LogP contribution is -1.93. The van der Waals surface area contributed by atoms with Gasteiger partial charge in [-0.05, 0) is 48.7 Å². The molecular weight excluding hydrogens is 438 g/mol. The smallest absolute Gasteiger partial charge is 0.0640 e. The fourth-order valence-corrected chi connectivity index (χ4v) is 8.01. The second-order valence-electron chi connectivity index (χ2n) is 8.85. The lowest BCUT2D eigenvalue weighted by atomic mass is 10.0. The van der Waals surface area contributed by atoms with Crippen LogP contribution < -0.4 is 0 Å². The number of benzene rings is 4. The molecule has 0 atom stereocenters. The molecule has 0 aliphatic heterocycles. The Morgan fingerprint density at radius 3 is 2.45 bits per heavy atom. The zero-order chi connectivity index (χ0) is 21.5. The van der Waals surface area contributed by atoms with E-state index in [0.717, 1.165) is 12.8 Å². The van der Waals surface area contributed by atoms with E-state index in [1.165, 1.54) is 68.2 Å². The second kappa shape index (κ2) is 6.57. The molecule has 0 fully saturated rings. The maximum Gasteiger partial charge on any atom is 0.0640 e. The number of hydrogen-bond donors (Lipinski definition) is 0. The lowest BCUT2D eigenvalue weighted by Gasteiger charge is -2.09. The molecule has 3 heterocycles. The van der Waals surface area contributed by atoms with Crippen molar-refractivity contribution in [1.29, 1.82) is 0 Å². The second-order valence-corrected chi connectivity index (χ2v) is 11.0. The van der Waals surface area contributed by atoms with E-state index in [2.05, 4.69) is 95.6 Å². The van der Waals surface area contributed by atoms with Gasteiger partial charge in [-0.25, -0.2) is 0 Å². The van der Waals surface area contributed by atoms with Crippen LogP contribution in [0.4, 0.5) is 0 Å². The van der Waals surface area contributed by atoms with Gasteiger partial charge in [0.25, 0.3) is 0 Å². The first-order valence-electron chi connectivity index (χ1n) is 11.4. The summed E-state index contributed by atoms with van der Waals surface area (Å²) >= 11 is 3.88. The van der Waals surface area contributed by atoms with Crippen LogP contribution in [-0.2, 0) is 6.42 Å². The van der Waals surface area contributed by atoms with Gasteiger partial charge in [0.1, 0.15) is 0 Å². The van der Waals surface area contributed by atoms with Crippen molar-refractivity contribution in [3.8, 4) is 5.69 Å². The molecule has 0 bridgehead atoms. The highest BCUT2D eigenvalue weighted by atomic mass is 32.1. The topological polar surface area (TPSA) is 4.93 Å². The van der Waals surface area contributed by atoms with Crippen molar-refractivity contribution in [3.63, 3.8) is 0 Å². The number of thiophene rings is 2. The molecule has 0 saturated carbocycles. The number of fused-ring (bicyclic) bond motifs is 9. The molecule has 3 heteroatoms. The van der Waals surface area contributed by atoms with Crippen molar-refractivity contribution < 1.29 is 0 Å². The fraction of sp³-hybridized carbons (Fsp3) is 0.0667. The van der Waals surface area contributed by atoms with E-state index < -0.39 is 0 Å². The van der Waals surface area contributed by atoms with Gasteiger partial charge in [-0.2, -0.15) is 0 Å². The van der Waals surface area contributed by atoms with Crippen LogP contribution in [0.1, 0.15) is 16.9 Å². The summed E-state index contributed by atoms with van der Waals surface area (Å²) in [6.07, 6.45) is 6.95. The van der Waals surface area contributed by atoms with Crippen LogP contribution in [0.3, 0.4) is 0 Å². The van der Waals surface area contributed by atoms with Crippen LogP contribution in [0.2, 0.25) is 0 Å². The summed E-state index contributed by atoms with van der Waals surface area (Å²) in [6.45, 7) is 0. The first-order chi connectivity index (χ1) is 16.4. The maximum absolute atomic E-state index is 2.50. The molecule has 0 spiro atoms. The third-order valence-corrected chi connectivity index (χ3v) is 9.48. The van der Waals surface area contributed by atoms with Crippen LogP contribution in [0.25, 0.3) is 63.8 Å². The van der Waals surface area contributed by atoms with Crippen LogP contribution in [0.5, 0.6) is 0 Å². The molecule has 33 heavy (non-hydrogen) atoms. The van der Waals surface area contributed by atoms with E-state index in [9.17, 15) is 0 Å². The summed E-state index contributed by atoms with van der Waals surface area (Å²) in [4.78, 5) is 1.52. The number of allylic oxidation sites excluding steroid dienone is 1. The first-order valence-corrected chi connectivity index (χ1v) is 13.1. The number of nitrogens with zero attached hydrogens (tertiary/aromatic N) is 1. The highest BCUT2D eigenvalue weighted by molar-refractivity contribution is 7.25. The normalized spacial score (nSPS) is 13.7. The van der Waals surface area contributed by atoms with Crippen LogP contribution >= 0.6 is 22.7 Å². The van der Waals surface area contributed by atoms with Crippen molar-refractivity contribution in [1.82, 2.24) is 4.57 Å². The molecule has 1 aliphatic carbocycles. The Hall–Kier alpha value is -3.40. The van der Waals surface area contributed by atoms with E-state index in [1.807, 2.05) is 22.7 Å². The van der Waals surface area contributed by atoms with Gasteiger partial charge in [-0.1, -0.05) is 60.7 Å². The lowest BCUT2D eigenvalue weighted by molar-refractivity contribution is 1.02. The molecule has 156 valence electrons. The number of hydrogen-bond acceptors (Lipinski definition) is 2. The van der Waals surface area contributed by atoms with E-state index in [4.69, 9.17) is 0 Å². The zero-order valence-corrected chi connectivity index (χ0v) is 19.5. The highest BCUT2D eigenvalue weighted by Gasteiger charge is 2.19. The Labute approximate surface area is 198 Å². The first kappa shape index (κ1) is 18.1. The number of rotatable bonds is 1. The minimum atomic E-state index is 1.15. The van der Waals surface area contributed by atoms with Crippen molar-refractivity contribution in [3.05, 3.63) is 95.4 Å². The Morgan fingerprint density at radius 2 is 1.48 bits per heavy atom. The minimum absolute atomic E-state index is 1.15. The standard InChI is InChI=1S/C30H19NS2/c1-4-12-24-18(8-1)22-16-23-20-10-3-5-14-27(20)32-29(23)17-26(22)31(24)25-13-7-11-21-19-9-2-6-15-28(19)33-30(21)25/h1-5,7-14,16-17H,6,15H2. The minimum Gasteiger partial charge on any atom is -0.308 e. The van der Waals surface area contributed by atoms with Crippen LogP contribution in [0.15, 0.2) is 84.9 Å². The Bertz CT molecular complexity index is 1930. The Kier molecular flexibility index (Phi) is 3.60. The van der Waals surface area contributed by atoms with Gasteiger partial charge in [0, 0.05) is 41.2 Å². The molecule has 4 aromatic carbocycles. The van der Waals surface area contributed by atoms with Gasteiger partial charge in [0.2, 0.25) is 0 Å². The molecule has 1 nitrogen and oxygen atoms in total. The Balaban J connectivity index is 1.55. The number of aromatic nitrogens is 1. The summed E-state index contributed by atoms with van der Waals surface area (Å²) in [5.74, 6) is 0. The van der Waals surface area contributed by atoms with E-state index in [1.54, 1.807) is 0 Å². The maximum atomic E-state index is 2.50. The van der Waals surface area contributed by atoms with Gasteiger partial charge in [0.05, 0.1) is 21.4 Å². The van der Waals surface area contributed by atoms with Gasteiger partial charge < -0.3 is 4.57 Å². The van der Waals surface area contributed by atoms with Crippen molar-refractivity contribution >= 4 is 80.8 Å². The summed E-state index contributed by atoms with van der Waals surface area (Å²) in [6, 6.07) is 29.3. The van der Waals surface area contributed by atoms with Crippen molar-refractivity contribution in [2.24, 2.45) is 0 Å². The summed E-state index contributed by atoms with van der Waals surface area (Å²) in [5.41, 5.74) is 5.30. The average Bonchev–Trinajstić information content (AvgIpc) is 3.52. The molecule has 0 saturated heterocycles. The molecule has 7 aromatic rings. The quantitative estimate of drug-likeness (QED) is 0.231. The third-order valence-electron chi connectivity index (χ3n) is 7.04. The predicted molar refractivity (Wildman–Crippen MR) is 146 cm³/mol. The molecule has 0 radical (unpaired) electrons. The highest BCUT2D eigenvalue weighted by Crippen LogP contribution is 2.44. The third kappa shape index (κ3) is 2.41. The van der Waals surface area contributed by atoms with Crippen LogP contribution in [-0.4, -0.2) is 4.57 Å². The average molecular weight is 458 g/mol. The SMILES string of the molecule is C1=Cc2c(sc3c(-n4c5ccccc5c5cc6c(cc54)sc4ccccc46)cccc23)CC1. The van der Waals surface area contributed by atoms with Crippen molar-refractivity contribution in [2.45, 2.75) is 12.8 Å². The van der Waals surface area contributed by atoms with E-state index in [0.29, 0.717) is 0 Å². The summed E-state index contributed by atoms with van der Waals surface area (Å²) in [5, 5.41) is 6.76. The summed E-state index contributed by atoms with van der Waals surface area (Å²) < 4.78 is 6.61. The van der Waals surface area contributed by atoms with Gasteiger partial charge in [-0.3, -0.25) is 0 Å². The molecular formula is C30H19NS2. The molecule has 0 N–H and O–H groups in total. The molecule has 0 amide bonds. The van der Waals surface area contributed by atoms with E-state index in [-0.39, 0.29) is 0 Å². The van der Waals surface area contributed by atoms with Gasteiger partial charge in [0.15, 0.2) is 0 Å². The monoisotopic (exact) mass is 457 g/mol. The molecule has 0 unspecified atom stereocenters. The van der Waals surface area contributed by atoms with Crippen molar-refractivity contribution in [2.75, 3.05) is 0 Å². The predicted octanol–water partition coefficient (Wildman–Crippen LogP) is 9.33. The number of para-hydroxylation sites is 1. The van der Waals surface area contributed by atoms with E-state index >= 15 is 0 Å². The molecule has 8 rings (SSSR count).